The molecular weight excluding hydrogens is 373 g/mol. The van der Waals surface area contributed by atoms with E-state index < -0.39 is 0 Å². The second kappa shape index (κ2) is 7.83. The Kier molecular flexibility index (Phi) is 5.53. The van der Waals surface area contributed by atoms with Crippen molar-refractivity contribution in [1.29, 1.82) is 0 Å². The first kappa shape index (κ1) is 17.7. The van der Waals surface area contributed by atoms with Gasteiger partial charge in [-0.2, -0.15) is 0 Å². The van der Waals surface area contributed by atoms with E-state index in [0.29, 0.717) is 21.0 Å². The molecule has 2 N–H and O–H groups in total. The van der Waals surface area contributed by atoms with E-state index in [1.54, 1.807) is 12.3 Å². The maximum absolute atomic E-state index is 6.05. The molecule has 0 radical (unpaired) electrons. The number of hydrogen-bond acceptors (Lipinski definition) is 2. The Balaban J connectivity index is 1.70. The fraction of sp³-hybridized carbons (Fsp3) is 0.0526. The van der Waals surface area contributed by atoms with Gasteiger partial charge in [-0.1, -0.05) is 41.4 Å². The molecule has 0 aliphatic rings. The quantitative estimate of drug-likeness (QED) is 0.526. The van der Waals surface area contributed by atoms with Crippen LogP contribution in [0.3, 0.4) is 0 Å². The summed E-state index contributed by atoms with van der Waals surface area (Å²) in [5.41, 5.74) is 3.92. The molecule has 0 unspecified atom stereocenters. The summed E-state index contributed by atoms with van der Waals surface area (Å²) in [6.07, 6.45) is 1.75. The Morgan fingerprint density at radius 1 is 0.920 bits per heavy atom. The number of rotatable bonds is 3. The minimum Gasteiger partial charge on any atom is -0.332 e. The number of anilines is 2. The standard InChI is InChI=1S/C19H15Cl2N3S/c1-12-4-2-3-5-17(12)23-19(25)24-18-7-6-13(11-22-18)14-8-15(20)10-16(21)9-14/h2-11H,1H3,(H2,22,23,24,25). The van der Waals surface area contributed by atoms with E-state index in [0.717, 1.165) is 22.4 Å². The van der Waals surface area contributed by atoms with Crippen molar-refractivity contribution >= 4 is 52.0 Å². The SMILES string of the molecule is Cc1ccccc1NC(=S)Nc1ccc(-c2cc(Cl)cc(Cl)c2)cn1. The van der Waals surface area contributed by atoms with Crippen molar-refractivity contribution in [3.8, 4) is 11.1 Å². The minimum atomic E-state index is 0.486. The number of nitrogens with zero attached hydrogens (tertiary/aromatic N) is 1. The van der Waals surface area contributed by atoms with Crippen molar-refractivity contribution in [3.63, 3.8) is 0 Å². The summed E-state index contributed by atoms with van der Waals surface area (Å²) in [7, 11) is 0. The Hall–Kier alpha value is -2.14. The zero-order chi connectivity index (χ0) is 17.8. The molecule has 0 aliphatic heterocycles. The van der Waals surface area contributed by atoms with Gasteiger partial charge in [0.25, 0.3) is 0 Å². The Morgan fingerprint density at radius 2 is 1.64 bits per heavy atom. The third-order valence-corrected chi connectivity index (χ3v) is 4.23. The van der Waals surface area contributed by atoms with Crippen molar-refractivity contribution < 1.29 is 0 Å². The number of para-hydroxylation sites is 1. The summed E-state index contributed by atoms with van der Waals surface area (Å²) >= 11 is 17.4. The van der Waals surface area contributed by atoms with Crippen molar-refractivity contribution in [1.82, 2.24) is 4.98 Å². The number of hydrogen-bond donors (Lipinski definition) is 2. The first-order valence-corrected chi connectivity index (χ1v) is 8.74. The van der Waals surface area contributed by atoms with Crippen LogP contribution in [0.2, 0.25) is 10.0 Å². The number of aryl methyl sites for hydroxylation is 1. The smallest absolute Gasteiger partial charge is 0.176 e. The average molecular weight is 388 g/mol. The molecule has 0 atom stereocenters. The van der Waals surface area contributed by atoms with Crippen molar-refractivity contribution in [2.75, 3.05) is 10.6 Å². The molecular formula is C19H15Cl2N3S. The highest BCUT2D eigenvalue weighted by Gasteiger charge is 2.05. The molecule has 2 aromatic carbocycles. The van der Waals surface area contributed by atoms with Crippen LogP contribution in [0.15, 0.2) is 60.8 Å². The molecule has 0 saturated heterocycles. The average Bonchev–Trinajstić information content (AvgIpc) is 2.57. The normalized spacial score (nSPS) is 10.4. The summed E-state index contributed by atoms with van der Waals surface area (Å²) < 4.78 is 0. The first-order valence-electron chi connectivity index (χ1n) is 7.57. The van der Waals surface area contributed by atoms with Gasteiger partial charge >= 0.3 is 0 Å². The van der Waals surface area contributed by atoms with Gasteiger partial charge in [0.2, 0.25) is 0 Å². The summed E-state index contributed by atoms with van der Waals surface area (Å²) in [5.74, 6) is 0.656. The molecule has 0 aliphatic carbocycles. The fourth-order valence-electron chi connectivity index (χ4n) is 2.34. The van der Waals surface area contributed by atoms with Crippen LogP contribution in [0.5, 0.6) is 0 Å². The predicted octanol–water partition coefficient (Wildman–Crippen LogP) is 6.17. The highest BCUT2D eigenvalue weighted by atomic mass is 35.5. The third kappa shape index (κ3) is 4.69. The summed E-state index contributed by atoms with van der Waals surface area (Å²) in [6.45, 7) is 2.02. The summed E-state index contributed by atoms with van der Waals surface area (Å²) in [6, 6.07) is 17.1. The van der Waals surface area contributed by atoms with Crippen LogP contribution in [0, 0.1) is 6.92 Å². The van der Waals surface area contributed by atoms with Crippen LogP contribution >= 0.6 is 35.4 Å². The van der Waals surface area contributed by atoms with Gasteiger partial charge < -0.3 is 10.6 Å². The molecule has 0 amide bonds. The van der Waals surface area contributed by atoms with Crippen molar-refractivity contribution in [2.45, 2.75) is 6.92 Å². The van der Waals surface area contributed by atoms with Gasteiger partial charge in [0.1, 0.15) is 5.82 Å². The van der Waals surface area contributed by atoms with Crippen molar-refractivity contribution in [2.24, 2.45) is 0 Å². The molecule has 3 rings (SSSR count). The van der Waals surface area contributed by atoms with Crippen molar-refractivity contribution in [3.05, 3.63) is 76.4 Å². The number of halogens is 2. The number of pyridine rings is 1. The predicted molar refractivity (Wildman–Crippen MR) is 111 cm³/mol. The number of thiocarbonyl (C=S) groups is 1. The lowest BCUT2D eigenvalue weighted by molar-refractivity contribution is 1.32. The van der Waals surface area contributed by atoms with E-state index in [2.05, 4.69) is 15.6 Å². The van der Waals surface area contributed by atoms with Gasteiger partial charge in [0.05, 0.1) is 0 Å². The molecule has 3 aromatic rings. The Bertz CT molecular complexity index is 891. The zero-order valence-corrected chi connectivity index (χ0v) is 15.7. The molecule has 1 aromatic heterocycles. The topological polar surface area (TPSA) is 37.0 Å². The molecule has 126 valence electrons. The molecule has 3 nitrogen and oxygen atoms in total. The molecule has 1 heterocycles. The molecule has 0 spiro atoms. The second-order valence-corrected chi connectivity index (χ2v) is 6.77. The van der Waals surface area contributed by atoms with E-state index in [1.165, 1.54) is 0 Å². The lowest BCUT2D eigenvalue weighted by Crippen LogP contribution is -2.20. The third-order valence-electron chi connectivity index (χ3n) is 3.59. The fourth-order valence-corrected chi connectivity index (χ4v) is 3.08. The van der Waals surface area contributed by atoms with Crippen LogP contribution in [0.25, 0.3) is 11.1 Å². The Morgan fingerprint density at radius 3 is 2.28 bits per heavy atom. The van der Waals surface area contributed by atoms with Gasteiger partial charge in [-0.05, 0) is 66.7 Å². The molecule has 0 saturated carbocycles. The lowest BCUT2D eigenvalue weighted by Gasteiger charge is -2.12. The highest BCUT2D eigenvalue weighted by molar-refractivity contribution is 7.80. The number of aromatic nitrogens is 1. The minimum absolute atomic E-state index is 0.486. The van der Waals surface area contributed by atoms with E-state index >= 15 is 0 Å². The van der Waals surface area contributed by atoms with Gasteiger partial charge in [0.15, 0.2) is 5.11 Å². The van der Waals surface area contributed by atoms with E-state index in [-0.39, 0.29) is 0 Å². The molecule has 25 heavy (non-hydrogen) atoms. The molecule has 6 heteroatoms. The highest BCUT2D eigenvalue weighted by Crippen LogP contribution is 2.27. The number of nitrogens with one attached hydrogen (secondary N) is 2. The van der Waals surface area contributed by atoms with Gasteiger partial charge in [-0.25, -0.2) is 4.98 Å². The molecule has 0 fully saturated rings. The summed E-state index contributed by atoms with van der Waals surface area (Å²) in [5, 5.41) is 7.91. The van der Waals surface area contributed by atoms with Crippen LogP contribution in [-0.4, -0.2) is 10.1 Å². The lowest BCUT2D eigenvalue weighted by atomic mass is 10.1. The zero-order valence-electron chi connectivity index (χ0n) is 13.4. The van der Waals surface area contributed by atoms with E-state index in [1.807, 2.05) is 55.5 Å². The van der Waals surface area contributed by atoms with E-state index in [4.69, 9.17) is 35.4 Å². The monoisotopic (exact) mass is 387 g/mol. The second-order valence-electron chi connectivity index (χ2n) is 5.48. The van der Waals surface area contributed by atoms with Crippen LogP contribution in [0.4, 0.5) is 11.5 Å². The largest absolute Gasteiger partial charge is 0.332 e. The van der Waals surface area contributed by atoms with E-state index in [9.17, 15) is 0 Å². The van der Waals surface area contributed by atoms with Crippen LogP contribution in [0.1, 0.15) is 5.56 Å². The molecule has 0 bridgehead atoms. The Labute approximate surface area is 162 Å². The van der Waals surface area contributed by atoms with Gasteiger partial charge in [0, 0.05) is 27.5 Å². The maximum Gasteiger partial charge on any atom is 0.176 e. The summed E-state index contributed by atoms with van der Waals surface area (Å²) in [4.78, 5) is 4.39. The van der Waals surface area contributed by atoms with Crippen LogP contribution in [-0.2, 0) is 0 Å². The van der Waals surface area contributed by atoms with Crippen LogP contribution < -0.4 is 10.6 Å². The maximum atomic E-state index is 6.05. The van der Waals surface area contributed by atoms with Gasteiger partial charge in [-0.3, -0.25) is 0 Å². The van der Waals surface area contributed by atoms with Gasteiger partial charge in [-0.15, -0.1) is 0 Å². The first-order chi connectivity index (χ1) is 12.0. The number of benzene rings is 2.